The fraction of sp³-hybridized carbons (Fsp3) is 0.412. The Morgan fingerprint density at radius 3 is 2.40 bits per heavy atom. The molecule has 0 radical (unpaired) electrons. The molecule has 0 saturated carbocycles. The van der Waals surface area contributed by atoms with Crippen molar-refractivity contribution in [2.24, 2.45) is 0 Å². The molecule has 0 bridgehead atoms. The van der Waals surface area contributed by atoms with Crippen LogP contribution in [0, 0.1) is 0 Å². The first-order chi connectivity index (χ1) is 9.83. The second kappa shape index (κ2) is 8.20. The van der Waals surface area contributed by atoms with Crippen molar-refractivity contribution >= 4 is 11.3 Å². The number of hydrogen-bond donors (Lipinski definition) is 2. The van der Waals surface area contributed by atoms with Gasteiger partial charge in [-0.3, -0.25) is 0 Å². The van der Waals surface area contributed by atoms with Crippen LogP contribution >= 0.6 is 11.3 Å². The molecule has 0 saturated heterocycles. The molecule has 2 aromatic rings. The molecule has 2 rings (SSSR count). The number of benzene rings is 1. The van der Waals surface area contributed by atoms with E-state index in [1.54, 1.807) is 0 Å². The van der Waals surface area contributed by atoms with Crippen molar-refractivity contribution in [2.75, 3.05) is 13.6 Å². The van der Waals surface area contributed by atoms with Crippen LogP contribution in [-0.2, 0) is 25.9 Å². The zero-order valence-corrected chi connectivity index (χ0v) is 13.2. The van der Waals surface area contributed by atoms with Crippen LogP contribution in [0.2, 0.25) is 0 Å². The number of aryl methyl sites for hydroxylation is 1. The van der Waals surface area contributed by atoms with E-state index in [2.05, 4.69) is 54.0 Å². The maximum Gasteiger partial charge on any atom is 0.0303 e. The van der Waals surface area contributed by atoms with Gasteiger partial charge >= 0.3 is 0 Å². The Morgan fingerprint density at radius 2 is 1.70 bits per heavy atom. The van der Waals surface area contributed by atoms with Gasteiger partial charge in [0.1, 0.15) is 0 Å². The molecular formula is C17H24N2S. The SMILES string of the molecule is CCc1ccc(CNCc2ccccc2CCNC)s1. The second-order valence-electron chi connectivity index (χ2n) is 4.95. The van der Waals surface area contributed by atoms with Gasteiger partial charge in [0.15, 0.2) is 0 Å². The molecule has 1 aromatic carbocycles. The van der Waals surface area contributed by atoms with Gasteiger partial charge in [-0.05, 0) is 49.7 Å². The van der Waals surface area contributed by atoms with Gasteiger partial charge in [0.2, 0.25) is 0 Å². The van der Waals surface area contributed by atoms with E-state index in [-0.39, 0.29) is 0 Å². The molecule has 0 aliphatic heterocycles. The molecule has 1 heterocycles. The Bertz CT molecular complexity index is 519. The van der Waals surface area contributed by atoms with Crippen molar-refractivity contribution in [3.8, 4) is 0 Å². The van der Waals surface area contributed by atoms with Gasteiger partial charge in [-0.1, -0.05) is 31.2 Å². The highest BCUT2D eigenvalue weighted by Gasteiger charge is 2.02. The van der Waals surface area contributed by atoms with Crippen molar-refractivity contribution < 1.29 is 0 Å². The average molecular weight is 288 g/mol. The number of likely N-dealkylation sites (N-methyl/N-ethyl adjacent to an activating group) is 1. The molecule has 0 fully saturated rings. The first kappa shape index (κ1) is 15.2. The summed E-state index contributed by atoms with van der Waals surface area (Å²) >= 11 is 1.91. The minimum atomic E-state index is 0.944. The van der Waals surface area contributed by atoms with Crippen LogP contribution < -0.4 is 10.6 Å². The molecule has 0 amide bonds. The molecule has 2 nitrogen and oxygen atoms in total. The van der Waals surface area contributed by atoms with Gasteiger partial charge in [-0.25, -0.2) is 0 Å². The maximum atomic E-state index is 3.56. The van der Waals surface area contributed by atoms with E-state index in [4.69, 9.17) is 0 Å². The van der Waals surface area contributed by atoms with Crippen molar-refractivity contribution in [1.82, 2.24) is 10.6 Å². The molecule has 0 aliphatic carbocycles. The monoisotopic (exact) mass is 288 g/mol. The molecule has 108 valence electrons. The lowest BCUT2D eigenvalue weighted by Gasteiger charge is -2.10. The summed E-state index contributed by atoms with van der Waals surface area (Å²) in [6.45, 7) is 5.15. The van der Waals surface area contributed by atoms with Crippen LogP contribution in [0.3, 0.4) is 0 Å². The lowest BCUT2D eigenvalue weighted by Crippen LogP contribution is -2.15. The highest BCUT2D eigenvalue weighted by molar-refractivity contribution is 7.11. The van der Waals surface area contributed by atoms with Crippen molar-refractivity contribution in [1.29, 1.82) is 0 Å². The largest absolute Gasteiger partial charge is 0.319 e. The van der Waals surface area contributed by atoms with Crippen LogP contribution in [-0.4, -0.2) is 13.6 Å². The van der Waals surface area contributed by atoms with E-state index in [0.717, 1.165) is 32.5 Å². The Kier molecular flexibility index (Phi) is 6.25. The van der Waals surface area contributed by atoms with E-state index >= 15 is 0 Å². The Hall–Kier alpha value is -1.16. The molecule has 20 heavy (non-hydrogen) atoms. The Morgan fingerprint density at radius 1 is 0.950 bits per heavy atom. The molecule has 0 aliphatic rings. The molecular weight excluding hydrogens is 264 g/mol. The first-order valence-corrected chi connectivity index (χ1v) is 8.14. The molecule has 3 heteroatoms. The predicted molar refractivity (Wildman–Crippen MR) is 88.3 cm³/mol. The Balaban J connectivity index is 1.87. The summed E-state index contributed by atoms with van der Waals surface area (Å²) in [5.41, 5.74) is 2.85. The van der Waals surface area contributed by atoms with Crippen LogP contribution in [0.4, 0.5) is 0 Å². The third-order valence-electron chi connectivity index (χ3n) is 3.44. The van der Waals surface area contributed by atoms with Crippen LogP contribution in [0.15, 0.2) is 36.4 Å². The van der Waals surface area contributed by atoms with E-state index in [0.29, 0.717) is 0 Å². The minimum Gasteiger partial charge on any atom is -0.319 e. The van der Waals surface area contributed by atoms with E-state index in [1.165, 1.54) is 20.9 Å². The number of rotatable bonds is 8. The van der Waals surface area contributed by atoms with Crippen molar-refractivity contribution in [3.63, 3.8) is 0 Å². The summed E-state index contributed by atoms with van der Waals surface area (Å²) in [5, 5.41) is 6.78. The second-order valence-corrected chi connectivity index (χ2v) is 6.20. The first-order valence-electron chi connectivity index (χ1n) is 7.33. The van der Waals surface area contributed by atoms with Gasteiger partial charge in [0, 0.05) is 22.8 Å². The molecule has 1 aromatic heterocycles. The summed E-state index contributed by atoms with van der Waals surface area (Å²) in [5.74, 6) is 0. The van der Waals surface area contributed by atoms with Crippen molar-refractivity contribution in [2.45, 2.75) is 32.9 Å². The quantitative estimate of drug-likeness (QED) is 0.778. The average Bonchev–Trinajstić information content (AvgIpc) is 2.94. The molecule has 0 atom stereocenters. The summed E-state index contributed by atoms with van der Waals surface area (Å²) in [4.78, 5) is 2.89. The molecule has 2 N–H and O–H groups in total. The summed E-state index contributed by atoms with van der Waals surface area (Å²) in [7, 11) is 2.00. The molecule has 0 spiro atoms. The van der Waals surface area contributed by atoms with Gasteiger partial charge in [0.05, 0.1) is 0 Å². The zero-order valence-electron chi connectivity index (χ0n) is 12.4. The third kappa shape index (κ3) is 4.44. The van der Waals surface area contributed by atoms with E-state index in [9.17, 15) is 0 Å². The summed E-state index contributed by atoms with van der Waals surface area (Å²) < 4.78 is 0. The lowest BCUT2D eigenvalue weighted by molar-refractivity contribution is 0.690. The Labute approximate surface area is 126 Å². The molecule has 0 unspecified atom stereocenters. The number of thiophene rings is 1. The zero-order chi connectivity index (χ0) is 14.2. The summed E-state index contributed by atoms with van der Waals surface area (Å²) in [6.07, 6.45) is 2.23. The van der Waals surface area contributed by atoms with E-state index in [1.807, 2.05) is 18.4 Å². The fourth-order valence-corrected chi connectivity index (χ4v) is 3.19. The third-order valence-corrected chi connectivity index (χ3v) is 4.67. The van der Waals surface area contributed by atoms with Gasteiger partial charge in [0.25, 0.3) is 0 Å². The van der Waals surface area contributed by atoms with Crippen LogP contribution in [0.5, 0.6) is 0 Å². The normalized spacial score (nSPS) is 10.9. The van der Waals surface area contributed by atoms with Gasteiger partial charge in [-0.2, -0.15) is 0 Å². The predicted octanol–water partition coefficient (Wildman–Crippen LogP) is 3.36. The standard InChI is InChI=1S/C17H24N2S/c1-3-16-8-9-17(20-16)13-19-12-15-7-5-4-6-14(15)10-11-18-2/h4-9,18-19H,3,10-13H2,1-2H3. The lowest BCUT2D eigenvalue weighted by atomic mass is 10.0. The maximum absolute atomic E-state index is 3.56. The number of hydrogen-bond acceptors (Lipinski definition) is 3. The van der Waals surface area contributed by atoms with Gasteiger partial charge in [-0.15, -0.1) is 11.3 Å². The number of nitrogens with one attached hydrogen (secondary N) is 2. The van der Waals surface area contributed by atoms with Crippen molar-refractivity contribution in [3.05, 3.63) is 57.3 Å². The smallest absolute Gasteiger partial charge is 0.0303 e. The highest BCUT2D eigenvalue weighted by Crippen LogP contribution is 2.17. The fourth-order valence-electron chi connectivity index (χ4n) is 2.26. The van der Waals surface area contributed by atoms with Crippen LogP contribution in [0.25, 0.3) is 0 Å². The minimum absolute atomic E-state index is 0.944. The van der Waals surface area contributed by atoms with Crippen LogP contribution in [0.1, 0.15) is 27.8 Å². The van der Waals surface area contributed by atoms with Gasteiger partial charge < -0.3 is 10.6 Å². The summed E-state index contributed by atoms with van der Waals surface area (Å²) in [6, 6.07) is 13.2. The van der Waals surface area contributed by atoms with E-state index < -0.39 is 0 Å². The topological polar surface area (TPSA) is 24.1 Å². The highest BCUT2D eigenvalue weighted by atomic mass is 32.1.